The molecule has 0 bridgehead atoms. The van der Waals surface area contributed by atoms with Crippen molar-refractivity contribution in [2.45, 2.75) is 12.8 Å². The first kappa shape index (κ1) is 23.3. The molecule has 176 valence electrons. The molecule has 1 amide bonds. The zero-order valence-electron chi connectivity index (χ0n) is 19.1. The van der Waals surface area contributed by atoms with Gasteiger partial charge in [-0.05, 0) is 49.7 Å². The first-order valence-electron chi connectivity index (χ1n) is 11.2. The van der Waals surface area contributed by atoms with Crippen molar-refractivity contribution in [3.8, 4) is 17.2 Å². The third-order valence-electron chi connectivity index (χ3n) is 6.11. The molecular weight excluding hydrogens is 442 g/mol. The van der Waals surface area contributed by atoms with Crippen molar-refractivity contribution in [3.63, 3.8) is 0 Å². The molecule has 0 aliphatic carbocycles. The highest BCUT2D eigenvalue weighted by molar-refractivity contribution is 6.30. The minimum absolute atomic E-state index is 0.173. The molecule has 0 unspecified atom stereocenters. The number of piperazine rings is 1. The van der Waals surface area contributed by atoms with Crippen molar-refractivity contribution < 1.29 is 19.0 Å². The van der Waals surface area contributed by atoms with E-state index in [2.05, 4.69) is 15.9 Å². The first-order chi connectivity index (χ1) is 16.1. The second-order valence-corrected chi connectivity index (χ2v) is 8.47. The molecule has 1 saturated heterocycles. The molecule has 7 nitrogen and oxygen atoms in total. The van der Waals surface area contributed by atoms with Crippen molar-refractivity contribution in [2.24, 2.45) is 0 Å². The second kappa shape index (κ2) is 10.8. The number of carbonyl (C=O) groups excluding carboxylic acids is 1. The van der Waals surface area contributed by atoms with Gasteiger partial charge in [0.25, 0.3) is 5.91 Å². The van der Waals surface area contributed by atoms with Gasteiger partial charge in [0.2, 0.25) is 0 Å². The van der Waals surface area contributed by atoms with Crippen LogP contribution < -0.4 is 19.1 Å². The van der Waals surface area contributed by atoms with Crippen LogP contribution >= 0.6 is 11.6 Å². The summed E-state index contributed by atoms with van der Waals surface area (Å²) in [5, 5.41) is 0.292. The zero-order chi connectivity index (χ0) is 23.2. The molecule has 33 heavy (non-hydrogen) atoms. The van der Waals surface area contributed by atoms with Crippen LogP contribution in [0.3, 0.4) is 0 Å². The number of halogens is 1. The summed E-state index contributed by atoms with van der Waals surface area (Å²) in [6, 6.07) is 13.3. The second-order valence-electron chi connectivity index (χ2n) is 8.08. The third kappa shape index (κ3) is 5.37. The maximum atomic E-state index is 13.1. The number of para-hydroxylation sites is 2. The van der Waals surface area contributed by atoms with Gasteiger partial charge in [0, 0.05) is 32.7 Å². The number of hydrogen-bond acceptors (Lipinski definition) is 6. The van der Waals surface area contributed by atoms with Gasteiger partial charge in [-0.15, -0.1) is 0 Å². The lowest BCUT2D eigenvalue weighted by atomic mass is 10.1. The predicted molar refractivity (Wildman–Crippen MR) is 129 cm³/mol. The van der Waals surface area contributed by atoms with E-state index >= 15 is 0 Å². The van der Waals surface area contributed by atoms with E-state index in [1.165, 1.54) is 6.26 Å². The number of rotatable bonds is 8. The maximum absolute atomic E-state index is 13.1. The number of amides is 1. The van der Waals surface area contributed by atoms with E-state index in [1.807, 2.05) is 18.2 Å². The van der Waals surface area contributed by atoms with Gasteiger partial charge in [-0.25, -0.2) is 0 Å². The Labute approximate surface area is 200 Å². The van der Waals surface area contributed by atoms with Crippen LogP contribution in [0.15, 0.2) is 53.9 Å². The number of ether oxygens (including phenoxy) is 3. The standard InChI is InChI=1S/C25H30ClN3O4/c1-31-19-9-10-22-20(17-19)25(30)29(24(26)18-33-22)12-6-5-11-27-13-15-28(16-14-27)21-7-3-4-8-23(21)32-2/h3-4,7-10,17-18H,5-6,11-16H2,1-2H3. The van der Waals surface area contributed by atoms with Crippen molar-refractivity contribution in [1.29, 1.82) is 0 Å². The van der Waals surface area contributed by atoms with Crippen LogP contribution in [0.5, 0.6) is 17.2 Å². The Morgan fingerprint density at radius 2 is 1.73 bits per heavy atom. The topological polar surface area (TPSA) is 54.5 Å². The van der Waals surface area contributed by atoms with Gasteiger partial charge in [-0.3, -0.25) is 14.6 Å². The Kier molecular flexibility index (Phi) is 7.62. The molecule has 2 aliphatic rings. The summed E-state index contributed by atoms with van der Waals surface area (Å²) in [4.78, 5) is 19.5. The number of carbonyl (C=O) groups is 1. The smallest absolute Gasteiger partial charge is 0.262 e. The van der Waals surface area contributed by atoms with Crippen LogP contribution in [-0.2, 0) is 0 Å². The van der Waals surface area contributed by atoms with Crippen LogP contribution in [-0.4, -0.2) is 69.2 Å². The van der Waals surface area contributed by atoms with E-state index in [1.54, 1.807) is 37.3 Å². The number of fused-ring (bicyclic) bond motifs is 1. The van der Waals surface area contributed by atoms with E-state index in [4.69, 9.17) is 25.8 Å². The highest BCUT2D eigenvalue weighted by Crippen LogP contribution is 2.31. The van der Waals surface area contributed by atoms with Crippen molar-refractivity contribution in [2.75, 3.05) is 58.4 Å². The number of hydrogen-bond donors (Lipinski definition) is 0. The number of anilines is 1. The van der Waals surface area contributed by atoms with Gasteiger partial charge in [0.05, 0.1) is 25.5 Å². The largest absolute Gasteiger partial charge is 0.497 e. The number of benzene rings is 2. The molecule has 4 rings (SSSR count). The van der Waals surface area contributed by atoms with E-state index in [0.717, 1.165) is 57.0 Å². The Balaban J connectivity index is 1.26. The normalized spacial score (nSPS) is 16.6. The monoisotopic (exact) mass is 471 g/mol. The summed E-state index contributed by atoms with van der Waals surface area (Å²) in [6.45, 7) is 5.47. The molecule has 2 heterocycles. The lowest BCUT2D eigenvalue weighted by Gasteiger charge is -2.36. The molecule has 2 aliphatic heterocycles. The summed E-state index contributed by atoms with van der Waals surface area (Å²) < 4.78 is 16.4. The van der Waals surface area contributed by atoms with Crippen LogP contribution in [0, 0.1) is 0 Å². The van der Waals surface area contributed by atoms with E-state index < -0.39 is 0 Å². The van der Waals surface area contributed by atoms with Crippen LogP contribution in [0.25, 0.3) is 0 Å². The molecule has 0 saturated carbocycles. The summed E-state index contributed by atoms with van der Waals surface area (Å²) in [7, 11) is 3.29. The maximum Gasteiger partial charge on any atom is 0.262 e. The van der Waals surface area contributed by atoms with Crippen molar-refractivity contribution in [1.82, 2.24) is 9.80 Å². The molecule has 0 spiro atoms. The Morgan fingerprint density at radius 3 is 2.48 bits per heavy atom. The predicted octanol–water partition coefficient (Wildman–Crippen LogP) is 4.18. The van der Waals surface area contributed by atoms with E-state index in [9.17, 15) is 4.79 Å². The van der Waals surface area contributed by atoms with Crippen molar-refractivity contribution >= 4 is 23.2 Å². The van der Waals surface area contributed by atoms with Gasteiger partial charge >= 0.3 is 0 Å². The molecular formula is C25H30ClN3O4. The van der Waals surface area contributed by atoms with E-state index in [-0.39, 0.29) is 5.91 Å². The van der Waals surface area contributed by atoms with Gasteiger partial charge in [-0.2, -0.15) is 0 Å². The molecule has 1 fully saturated rings. The minimum Gasteiger partial charge on any atom is -0.497 e. The lowest BCUT2D eigenvalue weighted by Crippen LogP contribution is -2.46. The number of methoxy groups -OCH3 is 2. The fourth-order valence-corrected chi connectivity index (χ4v) is 4.45. The lowest BCUT2D eigenvalue weighted by molar-refractivity contribution is 0.0814. The zero-order valence-corrected chi connectivity index (χ0v) is 19.9. The SMILES string of the molecule is COc1ccc2c(c1)C(=O)N(CCCCN1CCN(c3ccccc3OC)CC1)C(Cl)=CO2. The van der Waals surface area contributed by atoms with Crippen molar-refractivity contribution in [3.05, 3.63) is 59.4 Å². The molecule has 0 radical (unpaired) electrons. The van der Waals surface area contributed by atoms with Crippen LogP contribution in [0.1, 0.15) is 23.2 Å². The van der Waals surface area contributed by atoms with Gasteiger partial charge in [0.15, 0.2) is 0 Å². The summed E-state index contributed by atoms with van der Waals surface area (Å²) in [5.41, 5.74) is 1.61. The van der Waals surface area contributed by atoms with Crippen LogP contribution in [0.4, 0.5) is 5.69 Å². The highest BCUT2D eigenvalue weighted by atomic mass is 35.5. The minimum atomic E-state index is -0.173. The third-order valence-corrected chi connectivity index (χ3v) is 6.40. The number of nitrogens with zero attached hydrogens (tertiary/aromatic N) is 3. The molecule has 0 atom stereocenters. The quantitative estimate of drug-likeness (QED) is 0.425. The average Bonchev–Trinajstić information content (AvgIpc) is 2.98. The van der Waals surface area contributed by atoms with E-state index in [0.29, 0.717) is 28.8 Å². The summed E-state index contributed by atoms with van der Waals surface area (Å²) in [6.07, 6.45) is 3.26. The van der Waals surface area contributed by atoms with Crippen LogP contribution in [0.2, 0.25) is 0 Å². The average molecular weight is 472 g/mol. The summed E-state index contributed by atoms with van der Waals surface area (Å²) >= 11 is 6.36. The Bertz CT molecular complexity index is 1000. The summed E-state index contributed by atoms with van der Waals surface area (Å²) in [5.74, 6) is 1.83. The highest BCUT2D eigenvalue weighted by Gasteiger charge is 2.26. The fourth-order valence-electron chi connectivity index (χ4n) is 4.24. The van der Waals surface area contributed by atoms with Gasteiger partial charge in [0.1, 0.15) is 28.7 Å². The Morgan fingerprint density at radius 1 is 0.970 bits per heavy atom. The fraction of sp³-hybridized carbons (Fsp3) is 0.400. The molecule has 2 aromatic rings. The van der Waals surface area contributed by atoms with Gasteiger partial charge < -0.3 is 19.1 Å². The Hall–Kier alpha value is -2.90. The van der Waals surface area contributed by atoms with Gasteiger partial charge in [-0.1, -0.05) is 23.7 Å². The molecule has 2 aromatic carbocycles. The molecule has 0 N–H and O–H groups in total. The molecule has 0 aromatic heterocycles. The molecule has 8 heteroatoms. The first-order valence-corrected chi connectivity index (χ1v) is 11.6. The number of unbranched alkanes of at least 4 members (excludes halogenated alkanes) is 1.